The lowest BCUT2D eigenvalue weighted by molar-refractivity contribution is 0.506. The van der Waals surface area contributed by atoms with E-state index in [4.69, 9.17) is 0 Å². The molecule has 0 aliphatic heterocycles. The number of benzene rings is 1. The van der Waals surface area contributed by atoms with Gasteiger partial charge in [-0.1, -0.05) is 13.8 Å². The van der Waals surface area contributed by atoms with Crippen molar-refractivity contribution in [2.24, 2.45) is 5.92 Å². The summed E-state index contributed by atoms with van der Waals surface area (Å²) in [6, 6.07) is 4.05. The van der Waals surface area contributed by atoms with Crippen molar-refractivity contribution in [1.82, 2.24) is 5.32 Å². The first kappa shape index (κ1) is 14.5. The molecule has 0 radical (unpaired) electrons. The van der Waals surface area contributed by atoms with E-state index in [2.05, 4.69) is 19.2 Å². The van der Waals surface area contributed by atoms with Crippen LogP contribution in [0.2, 0.25) is 0 Å². The zero-order chi connectivity index (χ0) is 12.7. The standard InChI is InChI=1S/C13H19F2NS/c1-3-6-16-8-10(2)9-17-11-4-5-12(14)13(15)7-11/h4-5,7,10,16H,3,6,8-9H2,1-2H3. The maximum absolute atomic E-state index is 13.0. The molecule has 96 valence electrons. The van der Waals surface area contributed by atoms with Gasteiger partial charge in [0.1, 0.15) is 0 Å². The molecule has 0 aliphatic carbocycles. The molecule has 1 unspecified atom stereocenters. The van der Waals surface area contributed by atoms with E-state index in [1.165, 1.54) is 12.1 Å². The van der Waals surface area contributed by atoms with Crippen LogP contribution < -0.4 is 5.32 Å². The molecule has 0 saturated heterocycles. The molecular formula is C13H19F2NS. The van der Waals surface area contributed by atoms with Crippen LogP contribution in [0.15, 0.2) is 23.1 Å². The van der Waals surface area contributed by atoms with Gasteiger partial charge in [-0.3, -0.25) is 0 Å². The molecule has 1 aromatic carbocycles. The monoisotopic (exact) mass is 259 g/mol. The van der Waals surface area contributed by atoms with Gasteiger partial charge in [-0.2, -0.15) is 0 Å². The van der Waals surface area contributed by atoms with Gasteiger partial charge in [-0.05, 0) is 43.6 Å². The number of halogens is 2. The SMILES string of the molecule is CCCNCC(C)CSc1ccc(F)c(F)c1. The number of rotatable bonds is 7. The largest absolute Gasteiger partial charge is 0.316 e. The lowest BCUT2D eigenvalue weighted by Crippen LogP contribution is -2.23. The zero-order valence-electron chi connectivity index (χ0n) is 10.3. The van der Waals surface area contributed by atoms with Crippen LogP contribution in [0.25, 0.3) is 0 Å². The van der Waals surface area contributed by atoms with Crippen molar-refractivity contribution in [3.63, 3.8) is 0 Å². The van der Waals surface area contributed by atoms with Crippen molar-refractivity contribution >= 4 is 11.8 Å². The number of thioether (sulfide) groups is 1. The van der Waals surface area contributed by atoms with Gasteiger partial charge in [-0.15, -0.1) is 11.8 Å². The number of hydrogen-bond acceptors (Lipinski definition) is 2. The molecule has 17 heavy (non-hydrogen) atoms. The van der Waals surface area contributed by atoms with Crippen LogP contribution in [-0.2, 0) is 0 Å². The fraction of sp³-hybridized carbons (Fsp3) is 0.538. The summed E-state index contributed by atoms with van der Waals surface area (Å²) in [5.41, 5.74) is 0. The number of nitrogens with one attached hydrogen (secondary N) is 1. The van der Waals surface area contributed by atoms with Crippen LogP contribution in [0.1, 0.15) is 20.3 Å². The molecule has 1 atom stereocenters. The van der Waals surface area contributed by atoms with E-state index in [1.807, 2.05) is 0 Å². The Bertz CT molecular complexity index is 344. The molecule has 4 heteroatoms. The Morgan fingerprint density at radius 2 is 2.06 bits per heavy atom. The van der Waals surface area contributed by atoms with Gasteiger partial charge in [0, 0.05) is 10.6 Å². The molecule has 0 amide bonds. The molecule has 0 bridgehead atoms. The zero-order valence-corrected chi connectivity index (χ0v) is 11.1. The van der Waals surface area contributed by atoms with Crippen LogP contribution >= 0.6 is 11.8 Å². The average Bonchev–Trinajstić information content (AvgIpc) is 2.31. The summed E-state index contributed by atoms with van der Waals surface area (Å²) in [6.07, 6.45) is 1.13. The summed E-state index contributed by atoms with van der Waals surface area (Å²) in [7, 11) is 0. The van der Waals surface area contributed by atoms with E-state index in [0.717, 1.165) is 30.2 Å². The van der Waals surface area contributed by atoms with Crippen molar-refractivity contribution in [1.29, 1.82) is 0 Å². The molecule has 0 heterocycles. The van der Waals surface area contributed by atoms with Crippen molar-refractivity contribution in [2.45, 2.75) is 25.2 Å². The van der Waals surface area contributed by atoms with E-state index in [-0.39, 0.29) is 0 Å². The van der Waals surface area contributed by atoms with Gasteiger partial charge in [0.25, 0.3) is 0 Å². The minimum Gasteiger partial charge on any atom is -0.316 e. The van der Waals surface area contributed by atoms with Gasteiger partial charge >= 0.3 is 0 Å². The summed E-state index contributed by atoms with van der Waals surface area (Å²) >= 11 is 1.56. The Hall–Kier alpha value is -0.610. The van der Waals surface area contributed by atoms with Crippen LogP contribution in [0.5, 0.6) is 0 Å². The van der Waals surface area contributed by atoms with Crippen molar-refractivity contribution < 1.29 is 8.78 Å². The first-order chi connectivity index (χ1) is 8.13. The van der Waals surface area contributed by atoms with E-state index < -0.39 is 11.6 Å². The van der Waals surface area contributed by atoms with Crippen LogP contribution in [-0.4, -0.2) is 18.8 Å². The second kappa shape index (κ2) is 7.67. The first-order valence-corrected chi connectivity index (χ1v) is 6.90. The molecule has 1 aromatic rings. The molecular weight excluding hydrogens is 240 g/mol. The highest BCUT2D eigenvalue weighted by Crippen LogP contribution is 2.22. The molecule has 1 nitrogen and oxygen atoms in total. The average molecular weight is 259 g/mol. The Morgan fingerprint density at radius 3 is 2.71 bits per heavy atom. The maximum Gasteiger partial charge on any atom is 0.159 e. The topological polar surface area (TPSA) is 12.0 Å². The minimum atomic E-state index is -0.785. The molecule has 0 spiro atoms. The Morgan fingerprint density at radius 1 is 1.29 bits per heavy atom. The van der Waals surface area contributed by atoms with Crippen molar-refractivity contribution in [2.75, 3.05) is 18.8 Å². The Balaban J connectivity index is 2.31. The molecule has 0 aromatic heterocycles. The predicted molar refractivity (Wildman–Crippen MR) is 69.4 cm³/mol. The van der Waals surface area contributed by atoms with Crippen LogP contribution in [0.4, 0.5) is 8.78 Å². The highest BCUT2D eigenvalue weighted by molar-refractivity contribution is 7.99. The summed E-state index contributed by atoms with van der Waals surface area (Å²) in [6.45, 7) is 6.27. The van der Waals surface area contributed by atoms with Gasteiger partial charge in [-0.25, -0.2) is 8.78 Å². The lowest BCUT2D eigenvalue weighted by Gasteiger charge is -2.11. The van der Waals surface area contributed by atoms with E-state index in [9.17, 15) is 8.78 Å². The predicted octanol–water partition coefficient (Wildman–Crippen LogP) is 3.69. The van der Waals surface area contributed by atoms with Crippen LogP contribution in [0, 0.1) is 17.6 Å². The molecule has 1 N–H and O–H groups in total. The van der Waals surface area contributed by atoms with E-state index >= 15 is 0 Å². The third-order valence-electron chi connectivity index (χ3n) is 2.35. The van der Waals surface area contributed by atoms with Gasteiger partial charge in [0.15, 0.2) is 11.6 Å². The summed E-state index contributed by atoms with van der Waals surface area (Å²) < 4.78 is 25.7. The quantitative estimate of drug-likeness (QED) is 0.592. The normalized spacial score (nSPS) is 12.7. The van der Waals surface area contributed by atoms with Gasteiger partial charge in [0.2, 0.25) is 0 Å². The highest BCUT2D eigenvalue weighted by atomic mass is 32.2. The molecule has 0 saturated carbocycles. The summed E-state index contributed by atoms with van der Waals surface area (Å²) in [4.78, 5) is 0.784. The summed E-state index contributed by atoms with van der Waals surface area (Å²) in [5, 5.41) is 3.34. The number of hydrogen-bond donors (Lipinski definition) is 1. The Labute approximate surface area is 106 Å². The van der Waals surface area contributed by atoms with E-state index in [1.54, 1.807) is 17.8 Å². The highest BCUT2D eigenvalue weighted by Gasteiger charge is 2.06. The smallest absolute Gasteiger partial charge is 0.159 e. The maximum atomic E-state index is 13.0. The molecule has 0 fully saturated rings. The van der Waals surface area contributed by atoms with Crippen LogP contribution in [0.3, 0.4) is 0 Å². The fourth-order valence-electron chi connectivity index (χ4n) is 1.39. The van der Waals surface area contributed by atoms with Crippen molar-refractivity contribution in [3.05, 3.63) is 29.8 Å². The second-order valence-corrected chi connectivity index (χ2v) is 5.29. The third-order valence-corrected chi connectivity index (χ3v) is 3.67. The van der Waals surface area contributed by atoms with Gasteiger partial charge < -0.3 is 5.32 Å². The fourth-order valence-corrected chi connectivity index (χ4v) is 2.34. The lowest BCUT2D eigenvalue weighted by atomic mass is 10.2. The summed E-state index contributed by atoms with van der Waals surface area (Å²) in [5.74, 6) is -0.139. The Kier molecular flexibility index (Phi) is 6.52. The minimum absolute atomic E-state index is 0.514. The van der Waals surface area contributed by atoms with Crippen molar-refractivity contribution in [3.8, 4) is 0 Å². The van der Waals surface area contributed by atoms with E-state index in [0.29, 0.717) is 5.92 Å². The second-order valence-electron chi connectivity index (χ2n) is 4.20. The molecule has 1 rings (SSSR count). The third kappa shape index (κ3) is 5.50. The first-order valence-electron chi connectivity index (χ1n) is 5.92. The van der Waals surface area contributed by atoms with Gasteiger partial charge in [0.05, 0.1) is 0 Å². The molecule has 0 aliphatic rings.